The first-order valence-corrected chi connectivity index (χ1v) is 19.0. The number of nitrogens with zero attached hydrogens (tertiary/aromatic N) is 2. The second-order valence-corrected chi connectivity index (χ2v) is 13.1. The number of unbranched alkanes of at least 4 members (excludes halogenated alkanes) is 10. The molecule has 0 aliphatic carbocycles. The summed E-state index contributed by atoms with van der Waals surface area (Å²) < 4.78 is 0. The van der Waals surface area contributed by atoms with Crippen LogP contribution >= 0.6 is 0 Å². The zero-order chi connectivity index (χ0) is 31.8. The Morgan fingerprint density at radius 1 is 0.400 bits per heavy atom. The fraction of sp³-hybridized carbons (Fsp3) is 0.667. The summed E-state index contributed by atoms with van der Waals surface area (Å²) in [6.45, 7) is 13.8. The fourth-order valence-corrected chi connectivity index (χ4v) is 6.04. The zero-order valence-corrected chi connectivity index (χ0v) is 31.2. The van der Waals surface area contributed by atoms with Crippen molar-refractivity contribution in [2.45, 2.75) is 183 Å². The van der Waals surface area contributed by atoms with Crippen molar-refractivity contribution in [3.8, 4) is 0 Å². The molecule has 0 bridgehead atoms. The molecule has 0 unspecified atom stereocenters. The van der Waals surface area contributed by atoms with Gasteiger partial charge in [-0.15, -0.1) is 0 Å². The van der Waals surface area contributed by atoms with Crippen LogP contribution in [0.3, 0.4) is 0 Å². The molecule has 0 amide bonds. The largest absolute Gasteiger partial charge is 0.252 e. The topological polar surface area (TPSA) is 24.7 Å². The predicted octanol–water partition coefficient (Wildman–Crippen LogP) is 13.8. The van der Waals surface area contributed by atoms with E-state index in [0.717, 1.165) is 43.5 Å². The summed E-state index contributed by atoms with van der Waals surface area (Å²) in [7, 11) is 0. The van der Waals surface area contributed by atoms with Crippen molar-refractivity contribution in [2.75, 3.05) is 0 Å². The molecule has 0 N–H and O–H groups in total. The normalized spacial score (nSPS) is 12.0. The van der Waals surface area contributed by atoms with Crippen molar-refractivity contribution in [1.29, 1.82) is 0 Å². The first-order valence-electron chi connectivity index (χ1n) is 19.0. The van der Waals surface area contributed by atoms with Crippen molar-refractivity contribution in [2.24, 2.45) is 9.98 Å². The predicted molar refractivity (Wildman–Crippen MR) is 199 cm³/mol. The summed E-state index contributed by atoms with van der Waals surface area (Å²) in [5, 5.41) is 0. The number of hydrogen-bond acceptors (Lipinski definition) is 2. The Kier molecular flexibility index (Phi) is 24.2. The first kappa shape index (κ1) is 41.3. The maximum absolute atomic E-state index is 5.45. The molecule has 0 spiro atoms. The van der Waals surface area contributed by atoms with E-state index in [0.29, 0.717) is 0 Å². The molecule has 3 heteroatoms. The van der Waals surface area contributed by atoms with E-state index >= 15 is 0 Å². The van der Waals surface area contributed by atoms with E-state index in [4.69, 9.17) is 9.98 Å². The van der Waals surface area contributed by atoms with Crippen molar-refractivity contribution in [3.05, 3.63) is 58.7 Å². The van der Waals surface area contributed by atoms with Gasteiger partial charge >= 0.3 is 0 Å². The summed E-state index contributed by atoms with van der Waals surface area (Å²) in [5.74, 6) is 0. The molecule has 0 aromatic heterocycles. The van der Waals surface area contributed by atoms with Crippen molar-refractivity contribution in [1.82, 2.24) is 0 Å². The third-order valence-electron chi connectivity index (χ3n) is 8.97. The minimum Gasteiger partial charge on any atom is -0.252 e. The minimum absolute atomic E-state index is 0. The van der Waals surface area contributed by atoms with Gasteiger partial charge in [0.1, 0.15) is 0 Å². The van der Waals surface area contributed by atoms with Crippen LogP contribution in [-0.4, -0.2) is 11.4 Å². The number of aliphatic imine (C=N–C) groups is 2. The summed E-state index contributed by atoms with van der Waals surface area (Å²) >= 11 is 0. The minimum atomic E-state index is 0. The maximum atomic E-state index is 5.45. The van der Waals surface area contributed by atoms with Gasteiger partial charge in [0.05, 0.1) is 22.8 Å². The van der Waals surface area contributed by atoms with Gasteiger partial charge in [-0.2, -0.15) is 0 Å². The first-order chi connectivity index (χ1) is 21.6. The van der Waals surface area contributed by atoms with E-state index in [2.05, 4.69) is 77.9 Å². The van der Waals surface area contributed by atoms with E-state index < -0.39 is 0 Å². The third kappa shape index (κ3) is 16.6. The second kappa shape index (κ2) is 26.4. The van der Waals surface area contributed by atoms with E-state index in [1.54, 1.807) is 0 Å². The van der Waals surface area contributed by atoms with Gasteiger partial charge in [-0.3, -0.25) is 9.98 Å². The summed E-state index contributed by atoms with van der Waals surface area (Å²) in [6, 6.07) is 14.1. The van der Waals surface area contributed by atoms with E-state index in [-0.39, 0.29) is 16.5 Å². The Morgan fingerprint density at radius 2 is 0.756 bits per heavy atom. The van der Waals surface area contributed by atoms with Gasteiger partial charge in [0.25, 0.3) is 0 Å². The third-order valence-corrected chi connectivity index (χ3v) is 8.97. The van der Waals surface area contributed by atoms with Gasteiger partial charge in [0, 0.05) is 16.5 Å². The maximum Gasteiger partial charge on any atom is 0.0636 e. The molecule has 0 radical (unpaired) electrons. The van der Waals surface area contributed by atoms with Crippen LogP contribution in [0, 0.1) is 0 Å². The Hall–Kier alpha value is -1.73. The van der Waals surface area contributed by atoms with Gasteiger partial charge in [0.15, 0.2) is 0 Å². The number of aryl methyl sites for hydroxylation is 4. The molecule has 2 nitrogen and oxygen atoms in total. The van der Waals surface area contributed by atoms with Crippen molar-refractivity contribution in [3.63, 3.8) is 0 Å². The molecule has 0 heterocycles. The average molecular weight is 660 g/mol. The molecular weight excluding hydrogens is 591 g/mol. The van der Waals surface area contributed by atoms with Gasteiger partial charge < -0.3 is 0 Å². The molecule has 0 fully saturated rings. The molecule has 0 aliphatic heterocycles. The zero-order valence-electron chi connectivity index (χ0n) is 30.2. The van der Waals surface area contributed by atoms with E-state index in [1.165, 1.54) is 143 Å². The van der Waals surface area contributed by atoms with Crippen LogP contribution in [0.15, 0.2) is 46.4 Å². The molecule has 2 rings (SSSR count). The monoisotopic (exact) mass is 658 g/mol. The standard InChI is InChI=1S/C42H68N2.Ni/c1-7-13-19-20-21-22-28-42(44-40-32-30-36(24-15-9-3)38(34-40)26-17-11-5)41(27-18-12-6)43-39-31-29-35(23-14-8-2)37(33-39)25-16-10-4;/h29-34H,7-28H2,1-6H3;/b43-41+,44-42+;. The van der Waals surface area contributed by atoms with Crippen LogP contribution in [0.25, 0.3) is 0 Å². The average Bonchev–Trinajstić information content (AvgIpc) is 3.04. The Morgan fingerprint density at radius 3 is 1.18 bits per heavy atom. The molecule has 0 saturated heterocycles. The molecule has 45 heavy (non-hydrogen) atoms. The Bertz CT molecular complexity index is 1100. The molecule has 0 saturated carbocycles. The smallest absolute Gasteiger partial charge is 0.0636 e. The van der Waals surface area contributed by atoms with Gasteiger partial charge in [-0.05, 0) is 124 Å². The molecule has 0 atom stereocenters. The second-order valence-electron chi connectivity index (χ2n) is 13.1. The molecular formula is C42H68N2Ni. The van der Waals surface area contributed by atoms with Gasteiger partial charge in [0.2, 0.25) is 0 Å². The Labute approximate surface area is 289 Å². The van der Waals surface area contributed by atoms with Crippen LogP contribution in [0.4, 0.5) is 11.4 Å². The van der Waals surface area contributed by atoms with Crippen LogP contribution in [0.1, 0.15) is 179 Å². The number of rotatable bonds is 25. The molecule has 2 aromatic carbocycles. The van der Waals surface area contributed by atoms with Crippen LogP contribution in [0.5, 0.6) is 0 Å². The quantitative estimate of drug-likeness (QED) is 0.0576. The van der Waals surface area contributed by atoms with E-state index in [1.807, 2.05) is 0 Å². The molecule has 0 aliphatic rings. The summed E-state index contributed by atoms with van der Waals surface area (Å²) in [6.07, 6.45) is 26.8. The summed E-state index contributed by atoms with van der Waals surface area (Å²) in [4.78, 5) is 10.9. The number of hydrogen-bond donors (Lipinski definition) is 0. The fourth-order valence-electron chi connectivity index (χ4n) is 6.04. The van der Waals surface area contributed by atoms with Crippen molar-refractivity contribution < 1.29 is 16.5 Å². The van der Waals surface area contributed by atoms with Gasteiger partial charge in [-0.1, -0.05) is 118 Å². The number of benzene rings is 2. The Balaban J connectivity index is 0.0000101. The van der Waals surface area contributed by atoms with Crippen LogP contribution in [0.2, 0.25) is 0 Å². The van der Waals surface area contributed by atoms with Crippen molar-refractivity contribution >= 4 is 22.8 Å². The summed E-state index contributed by atoms with van der Waals surface area (Å²) in [5.41, 5.74) is 10.8. The van der Waals surface area contributed by atoms with E-state index in [9.17, 15) is 0 Å². The SMILES string of the molecule is CCCCCCCCC(=N\c1ccc(CCCC)c(CCCC)c1)/C(CCCC)=N/c1ccc(CCCC)c(CCCC)c1.[Ni]. The molecule has 2 aromatic rings. The molecule has 256 valence electrons. The van der Waals surface area contributed by atoms with Gasteiger partial charge in [-0.25, -0.2) is 0 Å². The van der Waals surface area contributed by atoms with Crippen LogP contribution < -0.4 is 0 Å². The van der Waals surface area contributed by atoms with Crippen LogP contribution in [-0.2, 0) is 42.2 Å².